The van der Waals surface area contributed by atoms with E-state index in [1.165, 1.54) is 135 Å². The van der Waals surface area contributed by atoms with Crippen LogP contribution in [0.3, 0.4) is 0 Å². The maximum Gasteiger partial charge on any atom is 0.306 e. The molecule has 1 atom stereocenters. The Balaban J connectivity index is 4.43. The number of carbonyl (C=O) groups is 3. The highest BCUT2D eigenvalue weighted by Crippen LogP contribution is 2.15. The summed E-state index contributed by atoms with van der Waals surface area (Å²) >= 11 is 0. The third kappa shape index (κ3) is 59.1. The molecule has 0 N–H and O–H groups in total. The second kappa shape index (κ2) is 60.9. The Morgan fingerprint density at radius 1 is 0.288 bits per heavy atom. The van der Waals surface area contributed by atoms with Crippen molar-refractivity contribution < 1.29 is 28.6 Å². The number of hydrogen-bond donors (Lipinski definition) is 0. The molecule has 0 saturated heterocycles. The lowest BCUT2D eigenvalue weighted by molar-refractivity contribution is -0.167. The van der Waals surface area contributed by atoms with E-state index in [4.69, 9.17) is 14.2 Å². The van der Waals surface area contributed by atoms with Gasteiger partial charge in [-0.3, -0.25) is 14.4 Å². The second-order valence-corrected chi connectivity index (χ2v) is 20.2. The number of rotatable bonds is 55. The van der Waals surface area contributed by atoms with Crippen molar-refractivity contribution in [1.29, 1.82) is 0 Å². The smallest absolute Gasteiger partial charge is 0.306 e. The average molecular weight is 1020 g/mol. The summed E-state index contributed by atoms with van der Waals surface area (Å²) in [6.45, 7) is 6.48. The van der Waals surface area contributed by atoms with Crippen molar-refractivity contribution in [3.63, 3.8) is 0 Å². The molecule has 73 heavy (non-hydrogen) atoms. The largest absolute Gasteiger partial charge is 0.462 e. The van der Waals surface area contributed by atoms with Gasteiger partial charge in [0.05, 0.1) is 0 Å². The monoisotopic (exact) mass is 1010 g/mol. The van der Waals surface area contributed by atoms with Crippen LogP contribution in [0.1, 0.15) is 290 Å². The summed E-state index contributed by atoms with van der Waals surface area (Å²) in [5.74, 6) is -0.906. The number of allylic oxidation sites excluding steroid dienone is 16. The molecule has 0 aromatic carbocycles. The van der Waals surface area contributed by atoms with Gasteiger partial charge in [-0.05, 0) is 122 Å². The SMILES string of the molecule is CC/C=C\C/C=C\C/C=C\C/C=C\CCCCCCCCC(=O)OCC(COC(=O)CCCCCCCCC/C=C\C/C=C\CCCCC)OC(=O)CCCCCCCCCCC/C=C\C/C=C\CCCCC. The molecule has 418 valence electrons. The Morgan fingerprint density at radius 2 is 0.534 bits per heavy atom. The summed E-state index contributed by atoms with van der Waals surface area (Å²) in [4.78, 5) is 38.3. The van der Waals surface area contributed by atoms with Gasteiger partial charge >= 0.3 is 17.9 Å². The first-order valence-electron chi connectivity index (χ1n) is 30.7. The molecule has 0 bridgehead atoms. The number of ether oxygens (including phenoxy) is 3. The lowest BCUT2D eigenvalue weighted by atomic mass is 10.1. The van der Waals surface area contributed by atoms with Gasteiger partial charge in [-0.2, -0.15) is 0 Å². The van der Waals surface area contributed by atoms with Crippen LogP contribution in [0.25, 0.3) is 0 Å². The number of carbonyl (C=O) groups excluding carboxylic acids is 3. The standard InChI is InChI=1S/C67H114O6/c1-4-7-10-13-16-19-22-25-28-31-33-36-39-42-45-48-51-54-57-60-66(69)72-63-64(62-71-65(68)59-56-53-50-47-44-41-38-35-30-27-24-21-18-15-12-9-6-3)73-67(70)61-58-55-52-49-46-43-40-37-34-32-29-26-23-20-17-14-11-8-5-2/h7,10,16-21,25-30,33,36,64H,4-6,8-9,11-15,22-24,31-32,34-35,37-63H2,1-3H3/b10-7-,19-16-,20-17-,21-18-,28-25-,29-26-,30-27-,36-33-. The minimum Gasteiger partial charge on any atom is -0.462 e. The molecule has 0 aliphatic heterocycles. The molecule has 0 saturated carbocycles. The van der Waals surface area contributed by atoms with Crippen LogP contribution >= 0.6 is 0 Å². The molecule has 0 aliphatic rings. The first kappa shape index (κ1) is 69.3. The molecule has 0 fully saturated rings. The zero-order chi connectivity index (χ0) is 52.9. The summed E-state index contributed by atoms with van der Waals surface area (Å²) in [5.41, 5.74) is 0. The first-order valence-corrected chi connectivity index (χ1v) is 30.7. The highest BCUT2D eigenvalue weighted by molar-refractivity contribution is 5.71. The predicted molar refractivity (Wildman–Crippen MR) is 316 cm³/mol. The molecule has 0 spiro atoms. The Morgan fingerprint density at radius 3 is 0.836 bits per heavy atom. The topological polar surface area (TPSA) is 78.9 Å². The van der Waals surface area contributed by atoms with Crippen LogP contribution in [0.2, 0.25) is 0 Å². The van der Waals surface area contributed by atoms with Gasteiger partial charge in [0.2, 0.25) is 0 Å². The van der Waals surface area contributed by atoms with E-state index in [-0.39, 0.29) is 31.1 Å². The average Bonchev–Trinajstić information content (AvgIpc) is 3.39. The van der Waals surface area contributed by atoms with Crippen LogP contribution in [0.5, 0.6) is 0 Å². The van der Waals surface area contributed by atoms with Crippen molar-refractivity contribution >= 4 is 17.9 Å². The van der Waals surface area contributed by atoms with Crippen LogP contribution in [-0.2, 0) is 28.6 Å². The lowest BCUT2D eigenvalue weighted by Gasteiger charge is -2.18. The molecular formula is C67H114O6. The Hall–Kier alpha value is -3.67. The van der Waals surface area contributed by atoms with Crippen LogP contribution in [0.15, 0.2) is 97.2 Å². The molecule has 0 aliphatic carbocycles. The van der Waals surface area contributed by atoms with Gasteiger partial charge in [0.25, 0.3) is 0 Å². The Labute approximate surface area is 451 Å². The highest BCUT2D eigenvalue weighted by atomic mass is 16.6. The van der Waals surface area contributed by atoms with Crippen molar-refractivity contribution in [3.05, 3.63) is 97.2 Å². The van der Waals surface area contributed by atoms with Crippen molar-refractivity contribution in [2.24, 2.45) is 0 Å². The molecule has 0 heterocycles. The number of esters is 3. The van der Waals surface area contributed by atoms with E-state index in [2.05, 4.69) is 118 Å². The molecule has 0 aromatic heterocycles. The van der Waals surface area contributed by atoms with Crippen LogP contribution in [-0.4, -0.2) is 37.2 Å². The molecule has 6 nitrogen and oxygen atoms in total. The minimum atomic E-state index is -0.792. The van der Waals surface area contributed by atoms with Gasteiger partial charge in [0.15, 0.2) is 6.10 Å². The van der Waals surface area contributed by atoms with E-state index in [0.717, 1.165) is 116 Å². The van der Waals surface area contributed by atoms with Crippen molar-refractivity contribution in [1.82, 2.24) is 0 Å². The summed E-state index contributed by atoms with van der Waals surface area (Å²) in [6.07, 6.45) is 81.1. The summed E-state index contributed by atoms with van der Waals surface area (Å²) in [5, 5.41) is 0. The highest BCUT2D eigenvalue weighted by Gasteiger charge is 2.19. The van der Waals surface area contributed by atoms with Crippen LogP contribution in [0.4, 0.5) is 0 Å². The first-order chi connectivity index (χ1) is 36.0. The maximum absolute atomic E-state index is 12.9. The zero-order valence-electron chi connectivity index (χ0n) is 47.9. The van der Waals surface area contributed by atoms with E-state index in [0.29, 0.717) is 19.3 Å². The predicted octanol–water partition coefficient (Wildman–Crippen LogP) is 20.9. The fourth-order valence-corrected chi connectivity index (χ4v) is 8.44. The molecule has 6 heteroatoms. The molecule has 0 amide bonds. The molecule has 0 rings (SSSR count). The quantitative estimate of drug-likeness (QED) is 0.0261. The van der Waals surface area contributed by atoms with Gasteiger partial charge in [-0.1, -0.05) is 246 Å². The molecule has 0 aromatic rings. The maximum atomic E-state index is 12.9. The van der Waals surface area contributed by atoms with E-state index in [9.17, 15) is 14.4 Å². The van der Waals surface area contributed by atoms with Gasteiger partial charge in [-0.25, -0.2) is 0 Å². The van der Waals surface area contributed by atoms with E-state index < -0.39 is 6.10 Å². The van der Waals surface area contributed by atoms with Crippen molar-refractivity contribution in [2.75, 3.05) is 13.2 Å². The van der Waals surface area contributed by atoms with Gasteiger partial charge in [0.1, 0.15) is 13.2 Å². The van der Waals surface area contributed by atoms with Crippen LogP contribution in [0, 0.1) is 0 Å². The van der Waals surface area contributed by atoms with E-state index in [1.54, 1.807) is 0 Å². The summed E-state index contributed by atoms with van der Waals surface area (Å²) in [6, 6.07) is 0. The zero-order valence-corrected chi connectivity index (χ0v) is 47.9. The van der Waals surface area contributed by atoms with Gasteiger partial charge < -0.3 is 14.2 Å². The second-order valence-electron chi connectivity index (χ2n) is 20.2. The third-order valence-corrected chi connectivity index (χ3v) is 13.0. The summed E-state index contributed by atoms with van der Waals surface area (Å²) < 4.78 is 16.9. The molecular weight excluding hydrogens is 901 g/mol. The lowest BCUT2D eigenvalue weighted by Crippen LogP contribution is -2.30. The van der Waals surface area contributed by atoms with E-state index >= 15 is 0 Å². The fourth-order valence-electron chi connectivity index (χ4n) is 8.44. The van der Waals surface area contributed by atoms with Crippen molar-refractivity contribution in [3.8, 4) is 0 Å². The van der Waals surface area contributed by atoms with Crippen LogP contribution < -0.4 is 0 Å². The number of unbranched alkanes of at least 4 members (excludes halogenated alkanes) is 28. The Kier molecular flexibility index (Phi) is 57.8. The Bertz CT molecular complexity index is 1440. The minimum absolute atomic E-state index is 0.0880. The normalized spacial score (nSPS) is 12.8. The fraction of sp³-hybridized carbons (Fsp3) is 0.716. The molecule has 0 radical (unpaired) electrons. The number of hydrogen-bond acceptors (Lipinski definition) is 6. The third-order valence-electron chi connectivity index (χ3n) is 13.0. The van der Waals surface area contributed by atoms with Gasteiger partial charge in [0, 0.05) is 19.3 Å². The molecule has 1 unspecified atom stereocenters. The van der Waals surface area contributed by atoms with Crippen molar-refractivity contribution in [2.45, 2.75) is 297 Å². The summed E-state index contributed by atoms with van der Waals surface area (Å²) in [7, 11) is 0. The van der Waals surface area contributed by atoms with E-state index in [1.807, 2.05) is 0 Å². The van der Waals surface area contributed by atoms with Gasteiger partial charge in [-0.15, -0.1) is 0 Å².